The standard InChI is InChI=1S/C13H10N4O3S/c1-7-2-4-8(5-3-7)17-10(19)6-9(18)11(16-17)12-14-15-13(21)20-12/h2-6,18H,1H3,(H,15,21). The van der Waals surface area contributed by atoms with Crippen LogP contribution in [0.3, 0.4) is 0 Å². The van der Waals surface area contributed by atoms with Crippen molar-refractivity contribution in [2.45, 2.75) is 6.92 Å². The third-order valence-electron chi connectivity index (χ3n) is 2.83. The molecule has 106 valence electrons. The van der Waals surface area contributed by atoms with E-state index in [1.54, 1.807) is 12.1 Å². The van der Waals surface area contributed by atoms with Crippen molar-refractivity contribution in [3.05, 3.63) is 51.1 Å². The summed E-state index contributed by atoms with van der Waals surface area (Å²) in [5.41, 5.74) is 1.20. The second-order valence-corrected chi connectivity index (χ2v) is 4.75. The lowest BCUT2D eigenvalue weighted by Crippen LogP contribution is -2.20. The van der Waals surface area contributed by atoms with Crippen LogP contribution in [0.15, 0.2) is 39.5 Å². The van der Waals surface area contributed by atoms with Crippen LogP contribution in [0.2, 0.25) is 0 Å². The fraction of sp³-hybridized carbons (Fsp3) is 0.0769. The van der Waals surface area contributed by atoms with Crippen molar-refractivity contribution >= 4 is 12.2 Å². The molecule has 0 bridgehead atoms. The highest BCUT2D eigenvalue weighted by Crippen LogP contribution is 2.23. The Labute approximate surface area is 123 Å². The number of nitrogens with zero attached hydrogens (tertiary/aromatic N) is 3. The summed E-state index contributed by atoms with van der Waals surface area (Å²) >= 11 is 4.78. The Hall–Kier alpha value is -2.74. The summed E-state index contributed by atoms with van der Waals surface area (Å²) in [5, 5.41) is 20.2. The van der Waals surface area contributed by atoms with Crippen LogP contribution in [0.4, 0.5) is 0 Å². The highest BCUT2D eigenvalue weighted by molar-refractivity contribution is 7.71. The SMILES string of the molecule is Cc1ccc(-n2nc(-c3n[nH]c(=S)o3)c(O)cc2=O)cc1. The van der Waals surface area contributed by atoms with Gasteiger partial charge in [0.25, 0.3) is 16.3 Å². The number of rotatable bonds is 2. The third-order valence-corrected chi connectivity index (χ3v) is 3.01. The molecule has 8 heteroatoms. The molecule has 0 atom stereocenters. The molecular weight excluding hydrogens is 292 g/mol. The first-order chi connectivity index (χ1) is 10.0. The van der Waals surface area contributed by atoms with E-state index in [1.807, 2.05) is 19.1 Å². The average Bonchev–Trinajstić information content (AvgIpc) is 2.87. The van der Waals surface area contributed by atoms with Gasteiger partial charge in [0.15, 0.2) is 11.4 Å². The fourth-order valence-electron chi connectivity index (χ4n) is 1.80. The first-order valence-electron chi connectivity index (χ1n) is 6.01. The van der Waals surface area contributed by atoms with Crippen LogP contribution in [0.5, 0.6) is 5.75 Å². The number of aromatic nitrogens is 4. The Kier molecular flexibility index (Phi) is 3.15. The molecule has 0 spiro atoms. The molecule has 2 aromatic heterocycles. The molecule has 0 aliphatic heterocycles. The van der Waals surface area contributed by atoms with E-state index in [4.69, 9.17) is 16.6 Å². The summed E-state index contributed by atoms with van der Waals surface area (Å²) in [6, 6.07) is 8.28. The minimum atomic E-state index is -0.464. The predicted octanol–water partition coefficient (Wildman–Crippen LogP) is 1.96. The Bertz CT molecular complexity index is 908. The maximum atomic E-state index is 12.0. The second kappa shape index (κ2) is 4.98. The van der Waals surface area contributed by atoms with Gasteiger partial charge in [0.2, 0.25) is 0 Å². The zero-order valence-electron chi connectivity index (χ0n) is 10.9. The van der Waals surface area contributed by atoms with E-state index in [0.29, 0.717) is 5.69 Å². The van der Waals surface area contributed by atoms with Crippen molar-refractivity contribution < 1.29 is 9.52 Å². The highest BCUT2D eigenvalue weighted by Gasteiger charge is 2.15. The number of hydrogen-bond acceptors (Lipinski definition) is 6. The van der Waals surface area contributed by atoms with Gasteiger partial charge in [0.1, 0.15) is 0 Å². The smallest absolute Gasteiger partial charge is 0.284 e. The van der Waals surface area contributed by atoms with Crippen LogP contribution < -0.4 is 5.56 Å². The molecular formula is C13H10N4O3S. The molecule has 21 heavy (non-hydrogen) atoms. The molecule has 0 saturated carbocycles. The molecule has 2 N–H and O–H groups in total. The van der Waals surface area contributed by atoms with Crippen LogP contribution in [0.1, 0.15) is 5.56 Å². The van der Waals surface area contributed by atoms with E-state index in [0.717, 1.165) is 16.3 Å². The number of hydrogen-bond donors (Lipinski definition) is 2. The van der Waals surface area contributed by atoms with Crippen molar-refractivity contribution in [3.8, 4) is 23.0 Å². The van der Waals surface area contributed by atoms with E-state index < -0.39 is 5.56 Å². The molecule has 3 aromatic rings. The minimum absolute atomic E-state index is 0.0124. The summed E-state index contributed by atoms with van der Waals surface area (Å²) in [6.45, 7) is 1.94. The molecule has 7 nitrogen and oxygen atoms in total. The topological polar surface area (TPSA) is 96.9 Å². The number of aromatic amines is 1. The van der Waals surface area contributed by atoms with Gasteiger partial charge in [0, 0.05) is 6.07 Å². The predicted molar refractivity (Wildman–Crippen MR) is 76.9 cm³/mol. The van der Waals surface area contributed by atoms with Crippen LogP contribution in [0, 0.1) is 11.8 Å². The Morgan fingerprint density at radius 1 is 1.33 bits per heavy atom. The Balaban J connectivity index is 2.20. The summed E-state index contributed by atoms with van der Waals surface area (Å²) in [5.74, 6) is -0.313. The van der Waals surface area contributed by atoms with Gasteiger partial charge in [-0.25, -0.2) is 5.10 Å². The lowest BCUT2D eigenvalue weighted by molar-refractivity contribution is 0.463. The van der Waals surface area contributed by atoms with Crippen molar-refractivity contribution in [2.75, 3.05) is 0 Å². The van der Waals surface area contributed by atoms with Crippen LogP contribution >= 0.6 is 12.2 Å². The summed E-state index contributed by atoms with van der Waals surface area (Å²) in [6.07, 6.45) is 0. The minimum Gasteiger partial charge on any atom is -0.505 e. The number of aryl methyl sites for hydroxylation is 1. The van der Waals surface area contributed by atoms with E-state index in [9.17, 15) is 9.90 Å². The second-order valence-electron chi connectivity index (χ2n) is 4.38. The molecule has 0 fully saturated rings. The van der Waals surface area contributed by atoms with E-state index in [-0.39, 0.29) is 22.2 Å². The van der Waals surface area contributed by atoms with Crippen LogP contribution in [0.25, 0.3) is 17.3 Å². The number of nitrogens with one attached hydrogen (secondary N) is 1. The molecule has 3 rings (SSSR count). The normalized spacial score (nSPS) is 10.7. The average molecular weight is 302 g/mol. The van der Waals surface area contributed by atoms with Crippen LogP contribution in [-0.2, 0) is 0 Å². The molecule has 2 heterocycles. The number of aromatic hydroxyl groups is 1. The largest absolute Gasteiger partial charge is 0.505 e. The van der Waals surface area contributed by atoms with Crippen LogP contribution in [-0.4, -0.2) is 25.1 Å². The van der Waals surface area contributed by atoms with Gasteiger partial charge in [-0.15, -0.1) is 5.10 Å². The lowest BCUT2D eigenvalue weighted by atomic mass is 10.2. The van der Waals surface area contributed by atoms with Gasteiger partial charge < -0.3 is 9.52 Å². The highest BCUT2D eigenvalue weighted by atomic mass is 32.1. The Morgan fingerprint density at radius 3 is 2.67 bits per heavy atom. The molecule has 0 aliphatic rings. The van der Waals surface area contributed by atoms with Gasteiger partial charge >= 0.3 is 0 Å². The lowest BCUT2D eigenvalue weighted by Gasteiger charge is -2.07. The molecule has 0 unspecified atom stereocenters. The van der Waals surface area contributed by atoms with Crippen molar-refractivity contribution in [1.29, 1.82) is 0 Å². The zero-order chi connectivity index (χ0) is 15.0. The van der Waals surface area contributed by atoms with Gasteiger partial charge in [-0.05, 0) is 31.3 Å². The maximum Gasteiger partial charge on any atom is 0.284 e. The monoisotopic (exact) mass is 302 g/mol. The zero-order valence-corrected chi connectivity index (χ0v) is 11.7. The van der Waals surface area contributed by atoms with E-state index in [2.05, 4.69) is 15.3 Å². The van der Waals surface area contributed by atoms with Crippen molar-refractivity contribution in [3.63, 3.8) is 0 Å². The summed E-state index contributed by atoms with van der Waals surface area (Å²) < 4.78 is 6.27. The number of H-pyrrole nitrogens is 1. The van der Waals surface area contributed by atoms with Gasteiger partial charge in [0.05, 0.1) is 5.69 Å². The fourth-order valence-corrected chi connectivity index (χ4v) is 1.93. The molecule has 0 saturated heterocycles. The van der Waals surface area contributed by atoms with Crippen molar-refractivity contribution in [1.82, 2.24) is 20.0 Å². The molecule has 0 radical (unpaired) electrons. The van der Waals surface area contributed by atoms with E-state index in [1.165, 1.54) is 0 Å². The maximum absolute atomic E-state index is 12.0. The first-order valence-corrected chi connectivity index (χ1v) is 6.42. The quantitative estimate of drug-likeness (QED) is 0.702. The molecule has 1 aromatic carbocycles. The Morgan fingerprint density at radius 2 is 2.05 bits per heavy atom. The first kappa shape index (κ1) is 13.3. The van der Waals surface area contributed by atoms with Gasteiger partial charge in [-0.2, -0.15) is 9.78 Å². The van der Waals surface area contributed by atoms with E-state index >= 15 is 0 Å². The summed E-state index contributed by atoms with van der Waals surface area (Å²) in [7, 11) is 0. The van der Waals surface area contributed by atoms with Crippen molar-refractivity contribution in [2.24, 2.45) is 0 Å². The van der Waals surface area contributed by atoms with Gasteiger partial charge in [-0.3, -0.25) is 4.79 Å². The summed E-state index contributed by atoms with van der Waals surface area (Å²) in [4.78, 5) is 12.0. The molecule has 0 amide bonds. The number of benzene rings is 1. The molecule has 0 aliphatic carbocycles. The van der Waals surface area contributed by atoms with Gasteiger partial charge in [-0.1, -0.05) is 17.7 Å². The third kappa shape index (κ3) is 2.48.